The Kier molecular flexibility index (Phi) is 5.58. The molecule has 0 fully saturated rings. The van der Waals surface area contributed by atoms with Gasteiger partial charge in [0.05, 0.1) is 18.3 Å². The third-order valence-electron chi connectivity index (χ3n) is 3.74. The second-order valence-electron chi connectivity index (χ2n) is 5.44. The molecule has 0 spiro atoms. The summed E-state index contributed by atoms with van der Waals surface area (Å²) < 4.78 is 1.74. The fourth-order valence-electron chi connectivity index (χ4n) is 2.14. The second kappa shape index (κ2) is 7.44. The average Bonchev–Trinajstić information content (AvgIpc) is 2.84. The molecule has 0 aliphatic heterocycles. The third kappa shape index (κ3) is 4.43. The first-order chi connectivity index (χ1) is 10.9. The summed E-state index contributed by atoms with van der Waals surface area (Å²) in [6, 6.07) is 6.47. The summed E-state index contributed by atoms with van der Waals surface area (Å²) in [4.78, 5) is 12.0. The number of aromatic nitrogens is 2. The Morgan fingerprint density at radius 1 is 1.39 bits per heavy atom. The lowest BCUT2D eigenvalue weighted by atomic mass is 10.0. The smallest absolute Gasteiger partial charge is 0.244 e. The highest BCUT2D eigenvalue weighted by Gasteiger charge is 2.17. The lowest BCUT2D eigenvalue weighted by Crippen LogP contribution is -2.36. The van der Waals surface area contributed by atoms with Gasteiger partial charge in [-0.1, -0.05) is 23.7 Å². The van der Waals surface area contributed by atoms with Crippen LogP contribution in [0.3, 0.4) is 0 Å². The molecule has 1 aromatic heterocycles. The zero-order valence-corrected chi connectivity index (χ0v) is 14.1. The number of aryl methyl sites for hydroxylation is 1. The number of rotatable bonds is 5. The highest BCUT2D eigenvalue weighted by molar-refractivity contribution is 6.30. The molecule has 0 radical (unpaired) electrons. The summed E-state index contributed by atoms with van der Waals surface area (Å²) >= 11 is 5.83. The Morgan fingerprint density at radius 2 is 2.04 bits per heavy atom. The Bertz CT molecular complexity index is 707. The fraction of sp³-hybridized carbons (Fsp3) is 0.294. The Balaban J connectivity index is 1.96. The normalized spacial score (nSPS) is 14.0. The van der Waals surface area contributed by atoms with Gasteiger partial charge in [0, 0.05) is 29.4 Å². The largest absolute Gasteiger partial charge is 0.386 e. The van der Waals surface area contributed by atoms with Crippen LogP contribution in [0.5, 0.6) is 0 Å². The van der Waals surface area contributed by atoms with Crippen molar-refractivity contribution >= 4 is 23.6 Å². The van der Waals surface area contributed by atoms with Crippen LogP contribution >= 0.6 is 11.6 Å². The molecule has 1 amide bonds. The molecule has 0 aliphatic rings. The third-order valence-corrected chi connectivity index (χ3v) is 3.99. The molecule has 0 bridgehead atoms. The van der Waals surface area contributed by atoms with E-state index < -0.39 is 12.1 Å². The lowest BCUT2D eigenvalue weighted by Gasteiger charge is -2.20. The second-order valence-corrected chi connectivity index (χ2v) is 5.87. The number of carbonyl (C=O) groups excluding carboxylic acids is 1. The van der Waals surface area contributed by atoms with Crippen molar-refractivity contribution in [2.75, 3.05) is 0 Å². The van der Waals surface area contributed by atoms with Crippen LogP contribution in [0.4, 0.5) is 0 Å². The van der Waals surface area contributed by atoms with E-state index in [0.717, 1.165) is 11.3 Å². The number of nitrogens with zero attached hydrogens (tertiary/aromatic N) is 2. The van der Waals surface area contributed by atoms with Crippen molar-refractivity contribution in [3.8, 4) is 0 Å². The Hall–Kier alpha value is -2.11. The predicted molar refractivity (Wildman–Crippen MR) is 91.0 cm³/mol. The number of nitrogens with one attached hydrogen (secondary N) is 1. The first kappa shape index (κ1) is 17.2. The van der Waals surface area contributed by atoms with E-state index in [4.69, 9.17) is 11.6 Å². The van der Waals surface area contributed by atoms with Crippen molar-refractivity contribution in [3.63, 3.8) is 0 Å². The van der Waals surface area contributed by atoms with Crippen molar-refractivity contribution in [2.45, 2.75) is 26.0 Å². The molecule has 6 heteroatoms. The molecule has 2 atom stereocenters. The summed E-state index contributed by atoms with van der Waals surface area (Å²) in [5.41, 5.74) is 2.56. The molecule has 0 saturated carbocycles. The minimum atomic E-state index is -0.801. The van der Waals surface area contributed by atoms with Gasteiger partial charge in [0.15, 0.2) is 0 Å². The molecule has 122 valence electrons. The predicted octanol–water partition coefficient (Wildman–Crippen LogP) is 2.63. The van der Waals surface area contributed by atoms with Crippen molar-refractivity contribution in [2.24, 2.45) is 7.05 Å². The maximum atomic E-state index is 12.0. The molecule has 2 aromatic rings. The number of hydrogen-bond acceptors (Lipinski definition) is 3. The van der Waals surface area contributed by atoms with Crippen molar-refractivity contribution in [1.29, 1.82) is 0 Å². The van der Waals surface area contributed by atoms with Crippen LogP contribution in [0.2, 0.25) is 5.02 Å². The summed E-state index contributed by atoms with van der Waals surface area (Å²) in [5.74, 6) is -0.270. The molecule has 2 N–H and O–H groups in total. The first-order valence-corrected chi connectivity index (χ1v) is 7.67. The molecular weight excluding hydrogens is 314 g/mol. The van der Waals surface area contributed by atoms with Crippen LogP contribution < -0.4 is 5.32 Å². The van der Waals surface area contributed by atoms with E-state index in [-0.39, 0.29) is 5.91 Å². The molecule has 5 nitrogen and oxygen atoms in total. The van der Waals surface area contributed by atoms with Crippen LogP contribution in [0.15, 0.2) is 36.5 Å². The van der Waals surface area contributed by atoms with Crippen LogP contribution in [0, 0.1) is 6.92 Å². The quantitative estimate of drug-likeness (QED) is 0.827. The number of aliphatic hydroxyl groups excluding tert-OH is 1. The zero-order valence-electron chi connectivity index (χ0n) is 13.3. The van der Waals surface area contributed by atoms with E-state index in [9.17, 15) is 9.90 Å². The summed E-state index contributed by atoms with van der Waals surface area (Å²) in [5, 5.41) is 17.7. The highest BCUT2D eigenvalue weighted by Crippen LogP contribution is 2.19. The molecule has 23 heavy (non-hydrogen) atoms. The monoisotopic (exact) mass is 333 g/mol. The maximum Gasteiger partial charge on any atom is 0.244 e. The molecular formula is C17H20ClN3O2. The van der Waals surface area contributed by atoms with Crippen LogP contribution in [0.25, 0.3) is 6.08 Å². The van der Waals surface area contributed by atoms with Crippen LogP contribution in [0.1, 0.15) is 29.8 Å². The lowest BCUT2D eigenvalue weighted by molar-refractivity contribution is -0.117. The number of hydrogen-bond donors (Lipinski definition) is 2. The van der Waals surface area contributed by atoms with Crippen molar-refractivity contribution in [1.82, 2.24) is 15.1 Å². The minimum Gasteiger partial charge on any atom is -0.386 e. The average molecular weight is 334 g/mol. The van der Waals surface area contributed by atoms with Crippen molar-refractivity contribution in [3.05, 3.63) is 58.4 Å². The summed E-state index contributed by atoms with van der Waals surface area (Å²) in [6.07, 6.45) is 4.05. The highest BCUT2D eigenvalue weighted by atomic mass is 35.5. The molecule has 2 unspecified atom stereocenters. The van der Waals surface area contributed by atoms with E-state index in [1.165, 1.54) is 6.08 Å². The van der Waals surface area contributed by atoms with E-state index in [0.29, 0.717) is 10.6 Å². The standard InChI is InChI=1S/C17H20ClN3O2/c1-11(17(23)13-4-7-15(18)8-5-13)20-16(22)9-6-14-10-19-21(3)12(14)2/h4-11,17,23H,1-3H3,(H,20,22)/b9-6+. The number of aliphatic hydroxyl groups is 1. The van der Waals surface area contributed by atoms with Gasteiger partial charge in [-0.3, -0.25) is 9.48 Å². The SMILES string of the molecule is Cc1c(/C=C/C(=O)NC(C)C(O)c2ccc(Cl)cc2)cnn1C. The van der Waals surface area contributed by atoms with Gasteiger partial charge in [-0.25, -0.2) is 0 Å². The van der Waals surface area contributed by atoms with Crippen molar-refractivity contribution < 1.29 is 9.90 Å². The number of carbonyl (C=O) groups is 1. The topological polar surface area (TPSA) is 67.2 Å². The van der Waals surface area contributed by atoms with Gasteiger partial charge in [0.1, 0.15) is 0 Å². The van der Waals surface area contributed by atoms with E-state index in [2.05, 4.69) is 10.4 Å². The van der Waals surface area contributed by atoms with Gasteiger partial charge in [0.25, 0.3) is 0 Å². The van der Waals surface area contributed by atoms with E-state index >= 15 is 0 Å². The maximum absolute atomic E-state index is 12.0. The fourth-order valence-corrected chi connectivity index (χ4v) is 2.27. The summed E-state index contributed by atoms with van der Waals surface area (Å²) in [6.45, 7) is 3.68. The number of halogens is 1. The van der Waals surface area contributed by atoms with Gasteiger partial charge in [-0.2, -0.15) is 5.10 Å². The Labute approximate surface area is 140 Å². The van der Waals surface area contributed by atoms with E-state index in [1.54, 1.807) is 48.1 Å². The summed E-state index contributed by atoms with van der Waals surface area (Å²) in [7, 11) is 1.84. The van der Waals surface area contributed by atoms with Crippen LogP contribution in [-0.4, -0.2) is 26.8 Å². The van der Waals surface area contributed by atoms with Gasteiger partial charge in [-0.05, 0) is 37.6 Å². The number of benzene rings is 1. The molecule has 1 heterocycles. The van der Waals surface area contributed by atoms with E-state index in [1.807, 2.05) is 14.0 Å². The van der Waals surface area contributed by atoms with Gasteiger partial charge < -0.3 is 10.4 Å². The van der Waals surface area contributed by atoms with Gasteiger partial charge in [-0.15, -0.1) is 0 Å². The molecule has 2 rings (SSSR count). The van der Waals surface area contributed by atoms with Gasteiger partial charge >= 0.3 is 0 Å². The van der Waals surface area contributed by atoms with Crippen LogP contribution in [-0.2, 0) is 11.8 Å². The minimum absolute atomic E-state index is 0.270. The molecule has 1 aromatic carbocycles. The Morgan fingerprint density at radius 3 is 2.61 bits per heavy atom. The van der Waals surface area contributed by atoms with Gasteiger partial charge in [0.2, 0.25) is 5.91 Å². The first-order valence-electron chi connectivity index (χ1n) is 7.29. The molecule has 0 aliphatic carbocycles. The zero-order chi connectivity index (χ0) is 17.0. The molecule has 0 saturated heterocycles. The number of amides is 1.